The van der Waals surface area contributed by atoms with Crippen LogP contribution in [0.5, 0.6) is 0 Å². The minimum atomic E-state index is -1.45. The van der Waals surface area contributed by atoms with Crippen molar-refractivity contribution in [3.05, 3.63) is 41.3 Å². The van der Waals surface area contributed by atoms with Gasteiger partial charge in [-0.05, 0) is 44.5 Å². The molecule has 1 unspecified atom stereocenters. The van der Waals surface area contributed by atoms with Crippen LogP contribution in [-0.2, 0) is 25.3 Å². The molecule has 0 saturated heterocycles. The molecule has 1 aromatic carbocycles. The molecule has 1 spiro atoms. The Morgan fingerprint density at radius 2 is 2.04 bits per heavy atom. The summed E-state index contributed by atoms with van der Waals surface area (Å²) in [6, 6.07) is 3.88. The third-order valence-electron chi connectivity index (χ3n) is 5.18. The van der Waals surface area contributed by atoms with Crippen molar-refractivity contribution in [1.82, 2.24) is 9.78 Å². The number of nitrogens with two attached hydrogens (primary N) is 1. The Balaban J connectivity index is 2.02. The Kier molecular flexibility index (Phi) is 3.65. The van der Waals surface area contributed by atoms with Crippen molar-refractivity contribution in [2.24, 2.45) is 5.73 Å². The molecule has 28 heavy (non-hydrogen) atoms. The molecule has 3 heterocycles. The summed E-state index contributed by atoms with van der Waals surface area (Å²) >= 11 is 0. The van der Waals surface area contributed by atoms with E-state index in [0.717, 1.165) is 0 Å². The van der Waals surface area contributed by atoms with E-state index in [4.69, 9.17) is 5.73 Å². The lowest BCUT2D eigenvalue weighted by Gasteiger charge is -2.34. The molecule has 3 N–H and O–H groups in total. The Bertz CT molecular complexity index is 1040. The van der Waals surface area contributed by atoms with E-state index in [1.807, 2.05) is 20.8 Å². The predicted molar refractivity (Wildman–Crippen MR) is 99.2 cm³/mol. The maximum atomic E-state index is 14.1. The van der Waals surface area contributed by atoms with Gasteiger partial charge in [0, 0.05) is 17.7 Å². The van der Waals surface area contributed by atoms with Crippen molar-refractivity contribution in [3.8, 4) is 0 Å². The Morgan fingerprint density at radius 3 is 2.68 bits per heavy atom. The molecule has 2 aliphatic rings. The summed E-state index contributed by atoms with van der Waals surface area (Å²) in [5, 5.41) is 7.18. The van der Waals surface area contributed by atoms with Gasteiger partial charge >= 0.3 is 0 Å². The highest BCUT2D eigenvalue weighted by Gasteiger charge is 2.57. The fourth-order valence-electron chi connectivity index (χ4n) is 4.09. The van der Waals surface area contributed by atoms with Crippen molar-refractivity contribution < 1.29 is 18.8 Å². The molecular weight excluding hydrogens is 365 g/mol. The summed E-state index contributed by atoms with van der Waals surface area (Å²) in [5.74, 6) is -1.72. The second kappa shape index (κ2) is 5.63. The van der Waals surface area contributed by atoms with Gasteiger partial charge in [-0.1, -0.05) is 0 Å². The van der Waals surface area contributed by atoms with Crippen LogP contribution < -0.4 is 16.0 Å². The van der Waals surface area contributed by atoms with Crippen LogP contribution in [0, 0.1) is 5.82 Å². The zero-order chi connectivity index (χ0) is 20.4. The van der Waals surface area contributed by atoms with Gasteiger partial charge in [0.25, 0.3) is 0 Å². The van der Waals surface area contributed by atoms with Crippen LogP contribution in [0.2, 0.25) is 0 Å². The molecular formula is C19H20FN5O3. The van der Waals surface area contributed by atoms with Gasteiger partial charge in [-0.25, -0.2) is 9.07 Å². The van der Waals surface area contributed by atoms with Gasteiger partial charge in [0.1, 0.15) is 23.6 Å². The van der Waals surface area contributed by atoms with Crippen LogP contribution in [0.1, 0.15) is 38.3 Å². The van der Waals surface area contributed by atoms with Crippen LogP contribution in [-0.4, -0.2) is 34.0 Å². The van der Waals surface area contributed by atoms with Crippen molar-refractivity contribution in [3.63, 3.8) is 0 Å². The SMILES string of the molecule is CC(C)(C)n1ncc2c1NC(=O)CC21C(=O)N(CC(N)=O)c2ccc(F)cc21. The Hall–Kier alpha value is -3.23. The monoisotopic (exact) mass is 385 g/mol. The van der Waals surface area contributed by atoms with E-state index in [-0.39, 0.29) is 18.9 Å². The number of halogens is 1. The average Bonchev–Trinajstić information content (AvgIpc) is 3.09. The predicted octanol–water partition coefficient (Wildman–Crippen LogP) is 1.24. The standard InChI is InChI=1S/C19H20FN5O3/c1-18(2,3)25-16-12(8-22-25)19(7-15(27)23-16)11-6-10(20)4-5-13(11)24(17(19)28)9-14(21)26/h4-6,8H,7,9H2,1-3H3,(H2,21,26)(H,23,27). The molecule has 1 aromatic heterocycles. The van der Waals surface area contributed by atoms with Gasteiger partial charge in [0.2, 0.25) is 17.7 Å². The van der Waals surface area contributed by atoms with E-state index in [1.165, 1.54) is 29.3 Å². The van der Waals surface area contributed by atoms with E-state index >= 15 is 0 Å². The highest BCUT2D eigenvalue weighted by molar-refractivity contribution is 6.17. The lowest BCUT2D eigenvalue weighted by atomic mass is 9.71. The average molecular weight is 385 g/mol. The number of amides is 3. The Labute approximate surface area is 160 Å². The van der Waals surface area contributed by atoms with E-state index in [2.05, 4.69) is 10.4 Å². The quantitative estimate of drug-likeness (QED) is 0.810. The number of benzene rings is 1. The summed E-state index contributed by atoms with van der Waals surface area (Å²) in [5.41, 5.74) is 4.59. The Morgan fingerprint density at radius 1 is 1.32 bits per heavy atom. The van der Waals surface area contributed by atoms with Crippen molar-refractivity contribution in [2.45, 2.75) is 38.1 Å². The molecule has 9 heteroatoms. The van der Waals surface area contributed by atoms with E-state index in [1.54, 1.807) is 4.68 Å². The topological polar surface area (TPSA) is 110 Å². The molecule has 2 aromatic rings. The second-order valence-corrected chi connectivity index (χ2v) is 8.14. The number of aromatic nitrogens is 2. The number of primary amides is 1. The molecule has 4 rings (SSSR count). The number of carbonyl (C=O) groups excluding carboxylic acids is 3. The molecule has 2 aliphatic heterocycles. The first kappa shape index (κ1) is 18.1. The number of anilines is 2. The number of nitrogens with one attached hydrogen (secondary N) is 1. The van der Waals surface area contributed by atoms with E-state index in [0.29, 0.717) is 22.6 Å². The van der Waals surface area contributed by atoms with Crippen molar-refractivity contribution in [2.75, 3.05) is 16.8 Å². The molecule has 0 bridgehead atoms. The number of hydrogen-bond acceptors (Lipinski definition) is 4. The van der Waals surface area contributed by atoms with Crippen LogP contribution in [0.25, 0.3) is 0 Å². The maximum Gasteiger partial charge on any atom is 0.243 e. The van der Waals surface area contributed by atoms with Gasteiger partial charge in [-0.2, -0.15) is 5.10 Å². The fraction of sp³-hybridized carbons (Fsp3) is 0.368. The summed E-state index contributed by atoms with van der Waals surface area (Å²) in [7, 11) is 0. The van der Waals surface area contributed by atoms with Crippen LogP contribution in [0.4, 0.5) is 15.9 Å². The van der Waals surface area contributed by atoms with E-state index < -0.39 is 28.6 Å². The highest BCUT2D eigenvalue weighted by atomic mass is 19.1. The third-order valence-corrected chi connectivity index (χ3v) is 5.18. The van der Waals surface area contributed by atoms with Crippen molar-refractivity contribution in [1.29, 1.82) is 0 Å². The van der Waals surface area contributed by atoms with Gasteiger partial charge < -0.3 is 16.0 Å². The first-order chi connectivity index (χ1) is 13.1. The molecule has 0 fully saturated rings. The first-order valence-electron chi connectivity index (χ1n) is 8.85. The van der Waals surface area contributed by atoms with Crippen LogP contribution in [0.15, 0.2) is 24.4 Å². The lowest BCUT2D eigenvalue weighted by Crippen LogP contribution is -2.48. The van der Waals surface area contributed by atoms with E-state index in [9.17, 15) is 18.8 Å². The molecule has 0 saturated carbocycles. The maximum absolute atomic E-state index is 14.1. The molecule has 3 amide bonds. The zero-order valence-electron chi connectivity index (χ0n) is 15.7. The molecule has 1 atom stereocenters. The van der Waals surface area contributed by atoms with Gasteiger partial charge in [-0.15, -0.1) is 0 Å². The molecule has 8 nitrogen and oxygen atoms in total. The molecule has 0 aliphatic carbocycles. The van der Waals surface area contributed by atoms with Gasteiger partial charge in [0.15, 0.2) is 0 Å². The molecule has 146 valence electrons. The fourth-order valence-corrected chi connectivity index (χ4v) is 4.09. The van der Waals surface area contributed by atoms with Crippen molar-refractivity contribution >= 4 is 29.2 Å². The minimum absolute atomic E-state index is 0.208. The normalized spacial score (nSPS) is 20.9. The van der Waals surface area contributed by atoms with Crippen LogP contribution in [0.3, 0.4) is 0 Å². The number of carbonyl (C=O) groups is 3. The first-order valence-corrected chi connectivity index (χ1v) is 8.85. The summed E-state index contributed by atoms with van der Waals surface area (Å²) in [6.45, 7) is 5.38. The number of hydrogen-bond donors (Lipinski definition) is 2. The lowest BCUT2D eigenvalue weighted by molar-refractivity contribution is -0.127. The zero-order valence-corrected chi connectivity index (χ0v) is 15.7. The third kappa shape index (κ3) is 2.35. The smallest absolute Gasteiger partial charge is 0.243 e. The second-order valence-electron chi connectivity index (χ2n) is 8.14. The minimum Gasteiger partial charge on any atom is -0.368 e. The van der Waals surface area contributed by atoms with Gasteiger partial charge in [0.05, 0.1) is 11.7 Å². The number of nitrogens with zero attached hydrogens (tertiary/aromatic N) is 3. The number of rotatable bonds is 2. The number of fused-ring (bicyclic) bond motifs is 4. The summed E-state index contributed by atoms with van der Waals surface area (Å²) in [4.78, 5) is 38.9. The highest BCUT2D eigenvalue weighted by Crippen LogP contribution is 2.52. The molecule has 0 radical (unpaired) electrons. The van der Waals surface area contributed by atoms with Gasteiger partial charge in [-0.3, -0.25) is 14.4 Å². The summed E-state index contributed by atoms with van der Waals surface area (Å²) < 4.78 is 15.8. The summed E-state index contributed by atoms with van der Waals surface area (Å²) in [6.07, 6.45) is 1.32. The van der Waals surface area contributed by atoms with Crippen LogP contribution >= 0.6 is 0 Å². The largest absolute Gasteiger partial charge is 0.368 e.